The van der Waals surface area contributed by atoms with Gasteiger partial charge in [-0.05, 0) is 47.6 Å². The van der Waals surface area contributed by atoms with E-state index in [9.17, 15) is 9.18 Å². The Morgan fingerprint density at radius 2 is 2.17 bits per heavy atom. The molecule has 1 aliphatic rings. The summed E-state index contributed by atoms with van der Waals surface area (Å²) in [6.45, 7) is 4.21. The van der Waals surface area contributed by atoms with Crippen LogP contribution < -0.4 is 0 Å². The Hall–Kier alpha value is -1.64. The number of hydrogen-bond donors (Lipinski definition) is 1. The van der Waals surface area contributed by atoms with E-state index < -0.39 is 5.97 Å². The third-order valence-corrected chi connectivity index (χ3v) is 3.21. The van der Waals surface area contributed by atoms with Gasteiger partial charge in [0, 0.05) is 0 Å². The molecule has 0 heterocycles. The first-order valence-corrected chi connectivity index (χ1v) is 6.19. The minimum atomic E-state index is -0.858. The molecule has 0 aliphatic heterocycles. The monoisotopic (exact) mass is 248 g/mol. The molecular weight excluding hydrogens is 231 g/mol. The quantitative estimate of drug-likeness (QED) is 0.883. The van der Waals surface area contributed by atoms with Crippen molar-refractivity contribution < 1.29 is 14.3 Å². The van der Waals surface area contributed by atoms with Crippen molar-refractivity contribution in [1.29, 1.82) is 0 Å². The Kier molecular flexibility index (Phi) is 3.50. The van der Waals surface area contributed by atoms with E-state index in [0.717, 1.165) is 35.1 Å². The Morgan fingerprint density at radius 1 is 1.44 bits per heavy atom. The lowest BCUT2D eigenvalue weighted by molar-refractivity contribution is -0.135. The van der Waals surface area contributed by atoms with Gasteiger partial charge in [0.25, 0.3) is 0 Å². The number of allylic oxidation sites excluding steroid dienone is 1. The summed E-state index contributed by atoms with van der Waals surface area (Å²) in [5.74, 6) is -0.686. The summed E-state index contributed by atoms with van der Waals surface area (Å²) in [7, 11) is 0. The maximum Gasteiger partial charge on any atom is 0.307 e. The average molecular weight is 248 g/mol. The van der Waals surface area contributed by atoms with Crippen LogP contribution in [0.25, 0.3) is 5.57 Å². The Morgan fingerprint density at radius 3 is 2.78 bits per heavy atom. The van der Waals surface area contributed by atoms with Crippen molar-refractivity contribution in [2.75, 3.05) is 0 Å². The smallest absolute Gasteiger partial charge is 0.307 e. The summed E-state index contributed by atoms with van der Waals surface area (Å²) in [6, 6.07) is 4.66. The third-order valence-electron chi connectivity index (χ3n) is 3.21. The first-order valence-electron chi connectivity index (χ1n) is 6.19. The van der Waals surface area contributed by atoms with Crippen LogP contribution in [-0.4, -0.2) is 11.1 Å². The van der Waals surface area contributed by atoms with Gasteiger partial charge in [0.2, 0.25) is 0 Å². The van der Waals surface area contributed by atoms with Gasteiger partial charge in [0.05, 0.1) is 6.42 Å². The van der Waals surface area contributed by atoms with E-state index >= 15 is 0 Å². The number of benzene rings is 1. The van der Waals surface area contributed by atoms with E-state index in [1.54, 1.807) is 6.07 Å². The molecule has 1 aromatic carbocycles. The Balaban J connectivity index is 2.41. The molecular formula is C15H17FO2. The van der Waals surface area contributed by atoms with Crippen molar-refractivity contribution in [3.63, 3.8) is 0 Å². The highest BCUT2D eigenvalue weighted by Gasteiger charge is 2.23. The van der Waals surface area contributed by atoms with Crippen LogP contribution in [0.2, 0.25) is 0 Å². The highest BCUT2D eigenvalue weighted by Crippen LogP contribution is 2.38. The lowest BCUT2D eigenvalue weighted by atomic mass is 9.97. The van der Waals surface area contributed by atoms with Crippen molar-refractivity contribution in [2.45, 2.75) is 33.1 Å². The molecule has 0 amide bonds. The molecule has 0 saturated heterocycles. The largest absolute Gasteiger partial charge is 0.481 e. The summed E-state index contributed by atoms with van der Waals surface area (Å²) in [5, 5.41) is 8.99. The topological polar surface area (TPSA) is 37.3 Å². The number of aliphatic carboxylic acids is 1. The van der Waals surface area contributed by atoms with Crippen molar-refractivity contribution >= 4 is 11.5 Å². The second-order valence-electron chi connectivity index (χ2n) is 5.23. The predicted molar refractivity (Wildman–Crippen MR) is 68.7 cm³/mol. The van der Waals surface area contributed by atoms with E-state index in [4.69, 9.17) is 5.11 Å². The Labute approximate surface area is 106 Å². The zero-order chi connectivity index (χ0) is 13.3. The summed E-state index contributed by atoms with van der Waals surface area (Å²) in [6.07, 6.45) is 1.62. The fourth-order valence-corrected chi connectivity index (χ4v) is 2.57. The van der Waals surface area contributed by atoms with Crippen LogP contribution in [0, 0.1) is 11.7 Å². The fourth-order valence-electron chi connectivity index (χ4n) is 2.57. The van der Waals surface area contributed by atoms with E-state index in [1.165, 1.54) is 12.1 Å². The minimum Gasteiger partial charge on any atom is -0.481 e. The van der Waals surface area contributed by atoms with Gasteiger partial charge in [0.15, 0.2) is 0 Å². The SMILES string of the molecule is CC(C)CC1=C(CC(=O)O)c2cc(F)ccc2C1. The van der Waals surface area contributed by atoms with Crippen LogP contribution in [-0.2, 0) is 11.2 Å². The first kappa shape index (κ1) is 12.8. The maximum atomic E-state index is 13.3. The van der Waals surface area contributed by atoms with Gasteiger partial charge in [-0.2, -0.15) is 0 Å². The molecule has 2 rings (SSSR count). The summed E-state index contributed by atoms with van der Waals surface area (Å²) in [4.78, 5) is 11.0. The van der Waals surface area contributed by atoms with E-state index in [0.29, 0.717) is 5.92 Å². The fraction of sp³-hybridized carbons (Fsp3) is 0.400. The van der Waals surface area contributed by atoms with Gasteiger partial charge in [-0.3, -0.25) is 4.79 Å². The van der Waals surface area contributed by atoms with Crippen molar-refractivity contribution in [3.8, 4) is 0 Å². The number of carboxylic acids is 1. The van der Waals surface area contributed by atoms with Crippen LogP contribution >= 0.6 is 0 Å². The van der Waals surface area contributed by atoms with Crippen LogP contribution in [0.1, 0.15) is 37.8 Å². The number of hydrogen-bond acceptors (Lipinski definition) is 1. The molecule has 2 nitrogen and oxygen atoms in total. The van der Waals surface area contributed by atoms with E-state index in [1.807, 2.05) is 0 Å². The highest BCUT2D eigenvalue weighted by atomic mass is 19.1. The number of halogens is 1. The second-order valence-corrected chi connectivity index (χ2v) is 5.23. The number of rotatable bonds is 4. The average Bonchev–Trinajstić information content (AvgIpc) is 2.55. The number of fused-ring (bicyclic) bond motifs is 1. The van der Waals surface area contributed by atoms with Gasteiger partial charge in [-0.25, -0.2) is 4.39 Å². The zero-order valence-electron chi connectivity index (χ0n) is 10.7. The molecule has 0 unspecified atom stereocenters. The molecule has 3 heteroatoms. The van der Waals surface area contributed by atoms with Gasteiger partial charge < -0.3 is 5.11 Å². The zero-order valence-corrected chi connectivity index (χ0v) is 10.7. The highest BCUT2D eigenvalue weighted by molar-refractivity contribution is 5.88. The molecule has 0 radical (unpaired) electrons. The normalized spacial score (nSPS) is 14.2. The molecule has 0 spiro atoms. The van der Waals surface area contributed by atoms with Crippen LogP contribution in [0.15, 0.2) is 23.8 Å². The standard InChI is InChI=1S/C15H17FO2/c1-9(2)5-11-6-10-3-4-12(16)7-13(10)14(11)8-15(17)18/h3-4,7,9H,5-6,8H2,1-2H3,(H,17,18). The molecule has 96 valence electrons. The van der Waals surface area contributed by atoms with Crippen LogP contribution in [0.5, 0.6) is 0 Å². The Bertz CT molecular complexity index is 515. The minimum absolute atomic E-state index is 0.0154. The molecule has 1 aromatic rings. The van der Waals surface area contributed by atoms with Crippen LogP contribution in [0.4, 0.5) is 4.39 Å². The van der Waals surface area contributed by atoms with E-state index in [-0.39, 0.29) is 12.2 Å². The summed E-state index contributed by atoms with van der Waals surface area (Å²) in [5.41, 5.74) is 3.79. The molecule has 1 N–H and O–H groups in total. The van der Waals surface area contributed by atoms with Crippen molar-refractivity contribution in [1.82, 2.24) is 0 Å². The molecule has 0 fully saturated rings. The molecule has 0 saturated carbocycles. The lowest BCUT2D eigenvalue weighted by Crippen LogP contribution is -1.99. The molecule has 0 atom stereocenters. The van der Waals surface area contributed by atoms with Gasteiger partial charge in [-0.15, -0.1) is 0 Å². The molecule has 1 aliphatic carbocycles. The van der Waals surface area contributed by atoms with Crippen LogP contribution in [0.3, 0.4) is 0 Å². The van der Waals surface area contributed by atoms with Gasteiger partial charge in [-0.1, -0.05) is 25.5 Å². The molecule has 18 heavy (non-hydrogen) atoms. The van der Waals surface area contributed by atoms with E-state index in [2.05, 4.69) is 13.8 Å². The van der Waals surface area contributed by atoms with Crippen molar-refractivity contribution in [2.24, 2.45) is 5.92 Å². The maximum absolute atomic E-state index is 13.3. The predicted octanol–water partition coefficient (Wildman–Crippen LogP) is 3.66. The van der Waals surface area contributed by atoms with Gasteiger partial charge >= 0.3 is 5.97 Å². The summed E-state index contributed by atoms with van der Waals surface area (Å²) < 4.78 is 13.3. The van der Waals surface area contributed by atoms with Gasteiger partial charge in [0.1, 0.15) is 5.82 Å². The molecule has 0 aromatic heterocycles. The third kappa shape index (κ3) is 2.61. The molecule has 0 bridgehead atoms. The summed E-state index contributed by atoms with van der Waals surface area (Å²) >= 11 is 0. The lowest BCUT2D eigenvalue weighted by Gasteiger charge is -2.09. The number of carbonyl (C=O) groups is 1. The number of carboxylic acid groups (broad SMARTS) is 1. The second kappa shape index (κ2) is 4.92. The first-order chi connectivity index (χ1) is 8.47. The van der Waals surface area contributed by atoms with Crippen molar-refractivity contribution in [3.05, 3.63) is 40.7 Å².